The minimum absolute atomic E-state index is 0. The van der Waals surface area contributed by atoms with Crippen LogP contribution < -0.4 is 15.8 Å². The van der Waals surface area contributed by atoms with E-state index in [2.05, 4.69) is 23.9 Å². The van der Waals surface area contributed by atoms with Crippen LogP contribution in [-0.2, 0) is 14.8 Å². The molecule has 1 aromatic rings. The highest BCUT2D eigenvalue weighted by atomic mass is 35.5. The van der Waals surface area contributed by atoms with E-state index < -0.39 is 10.0 Å². The molecule has 0 aliphatic heterocycles. The molecule has 0 aliphatic rings. The van der Waals surface area contributed by atoms with E-state index in [9.17, 15) is 13.2 Å². The van der Waals surface area contributed by atoms with Crippen molar-refractivity contribution in [3.8, 4) is 0 Å². The topological polar surface area (TPSA) is 101 Å². The van der Waals surface area contributed by atoms with Crippen molar-refractivity contribution >= 4 is 28.3 Å². The third-order valence-electron chi connectivity index (χ3n) is 3.10. The summed E-state index contributed by atoms with van der Waals surface area (Å²) in [4.78, 5) is 12.0. The Bertz CT molecular complexity index is 565. The van der Waals surface area contributed by atoms with Gasteiger partial charge in [-0.3, -0.25) is 4.79 Å². The fraction of sp³-hybridized carbons (Fsp3) is 0.533. The highest BCUT2D eigenvalue weighted by molar-refractivity contribution is 7.89. The molecule has 132 valence electrons. The Kier molecular flexibility index (Phi) is 10.1. The zero-order valence-electron chi connectivity index (χ0n) is 13.5. The van der Waals surface area contributed by atoms with Gasteiger partial charge < -0.3 is 11.1 Å². The van der Waals surface area contributed by atoms with E-state index >= 15 is 0 Å². The molecule has 1 aromatic carbocycles. The van der Waals surface area contributed by atoms with Crippen LogP contribution in [0, 0.1) is 5.92 Å². The van der Waals surface area contributed by atoms with Crippen molar-refractivity contribution in [2.75, 3.05) is 13.1 Å². The average molecular weight is 364 g/mol. The van der Waals surface area contributed by atoms with Crippen molar-refractivity contribution in [1.82, 2.24) is 10.0 Å². The summed E-state index contributed by atoms with van der Waals surface area (Å²) in [6.07, 6.45) is 0.888. The predicted octanol–water partition coefficient (Wildman–Crippen LogP) is 1.27. The van der Waals surface area contributed by atoms with Crippen LogP contribution in [0.5, 0.6) is 0 Å². The molecule has 4 N–H and O–H groups in total. The Labute approximate surface area is 144 Å². The first kappa shape index (κ1) is 21.9. The molecule has 1 atom stereocenters. The Morgan fingerprint density at radius 2 is 1.83 bits per heavy atom. The largest absolute Gasteiger partial charge is 0.352 e. The fourth-order valence-corrected chi connectivity index (χ4v) is 3.12. The van der Waals surface area contributed by atoms with Gasteiger partial charge in [-0.2, -0.15) is 0 Å². The first-order valence-electron chi connectivity index (χ1n) is 7.39. The second-order valence-corrected chi connectivity index (χ2v) is 7.36. The molecule has 0 heterocycles. The smallest absolute Gasteiger partial charge is 0.240 e. The average Bonchev–Trinajstić information content (AvgIpc) is 2.46. The van der Waals surface area contributed by atoms with E-state index in [1.807, 2.05) is 0 Å². The van der Waals surface area contributed by atoms with Crippen LogP contribution in [0.2, 0.25) is 0 Å². The summed E-state index contributed by atoms with van der Waals surface area (Å²) in [6, 6.07) is 8.00. The van der Waals surface area contributed by atoms with Crippen LogP contribution in [0.25, 0.3) is 0 Å². The molecule has 1 amide bonds. The van der Waals surface area contributed by atoms with Gasteiger partial charge in [-0.1, -0.05) is 32.0 Å². The summed E-state index contributed by atoms with van der Waals surface area (Å²) in [7, 11) is -3.56. The normalized spacial score (nSPS) is 12.5. The standard InChI is InChI=1S/C15H25N3O3S.ClH/c1-12(2)10-13(11-16)18-15(19)8-9-17-22(20,21)14-6-4-3-5-7-14;/h3-7,12-13,17H,8-11,16H2,1-2H3,(H,18,19);1H. The Balaban J connectivity index is 0.00000484. The number of sulfonamides is 1. The second kappa shape index (κ2) is 10.6. The number of nitrogens with two attached hydrogens (primary N) is 1. The number of carbonyl (C=O) groups excluding carboxylic acids is 1. The van der Waals surface area contributed by atoms with Gasteiger partial charge >= 0.3 is 0 Å². The summed E-state index contributed by atoms with van der Waals surface area (Å²) >= 11 is 0. The van der Waals surface area contributed by atoms with Crippen molar-refractivity contribution in [2.24, 2.45) is 11.7 Å². The van der Waals surface area contributed by atoms with Crippen LogP contribution in [-0.4, -0.2) is 33.5 Å². The SMILES string of the molecule is CC(C)CC(CN)NC(=O)CCNS(=O)(=O)c1ccccc1.Cl. The summed E-state index contributed by atoms with van der Waals surface area (Å²) < 4.78 is 26.4. The molecule has 0 fully saturated rings. The molecule has 0 bridgehead atoms. The fourth-order valence-electron chi connectivity index (χ4n) is 2.06. The van der Waals surface area contributed by atoms with Crippen molar-refractivity contribution in [2.45, 2.75) is 37.6 Å². The lowest BCUT2D eigenvalue weighted by Gasteiger charge is -2.18. The lowest BCUT2D eigenvalue weighted by atomic mass is 10.0. The highest BCUT2D eigenvalue weighted by Gasteiger charge is 2.15. The van der Waals surface area contributed by atoms with E-state index in [0.29, 0.717) is 12.5 Å². The van der Waals surface area contributed by atoms with E-state index in [4.69, 9.17) is 5.73 Å². The molecule has 1 rings (SSSR count). The third-order valence-corrected chi connectivity index (χ3v) is 4.58. The van der Waals surface area contributed by atoms with Gasteiger partial charge in [0.2, 0.25) is 15.9 Å². The molecule has 8 heteroatoms. The lowest BCUT2D eigenvalue weighted by molar-refractivity contribution is -0.121. The maximum Gasteiger partial charge on any atom is 0.240 e. The van der Waals surface area contributed by atoms with Crippen LogP contribution in [0.1, 0.15) is 26.7 Å². The predicted molar refractivity (Wildman–Crippen MR) is 93.9 cm³/mol. The summed E-state index contributed by atoms with van der Waals surface area (Å²) in [5, 5.41) is 2.83. The maximum atomic E-state index is 12.0. The number of nitrogens with one attached hydrogen (secondary N) is 2. The summed E-state index contributed by atoms with van der Waals surface area (Å²) in [5.74, 6) is 0.234. The van der Waals surface area contributed by atoms with E-state index in [1.54, 1.807) is 18.2 Å². The van der Waals surface area contributed by atoms with Crippen molar-refractivity contribution < 1.29 is 13.2 Å². The molecule has 0 spiro atoms. The van der Waals surface area contributed by atoms with E-state index in [1.165, 1.54) is 12.1 Å². The number of benzene rings is 1. The van der Waals surface area contributed by atoms with Gasteiger partial charge in [0.1, 0.15) is 0 Å². The Morgan fingerprint density at radius 3 is 2.35 bits per heavy atom. The molecular formula is C15H26ClN3O3S. The van der Waals surface area contributed by atoms with Crippen LogP contribution in [0.4, 0.5) is 0 Å². The molecule has 6 nitrogen and oxygen atoms in total. The monoisotopic (exact) mass is 363 g/mol. The number of rotatable bonds is 9. The quantitative estimate of drug-likeness (QED) is 0.614. The number of hydrogen-bond donors (Lipinski definition) is 3. The van der Waals surface area contributed by atoms with Gasteiger partial charge in [0, 0.05) is 25.6 Å². The molecule has 0 aromatic heterocycles. The van der Waals surface area contributed by atoms with Gasteiger partial charge in [0.05, 0.1) is 4.90 Å². The number of amides is 1. The zero-order chi connectivity index (χ0) is 16.6. The number of halogens is 1. The summed E-state index contributed by atoms with van der Waals surface area (Å²) in [5.41, 5.74) is 5.62. The van der Waals surface area contributed by atoms with Gasteiger partial charge in [-0.15, -0.1) is 12.4 Å². The van der Waals surface area contributed by atoms with Crippen molar-refractivity contribution in [3.63, 3.8) is 0 Å². The van der Waals surface area contributed by atoms with E-state index in [0.717, 1.165) is 6.42 Å². The molecule has 0 saturated heterocycles. The first-order valence-corrected chi connectivity index (χ1v) is 8.87. The van der Waals surface area contributed by atoms with Gasteiger partial charge in [-0.25, -0.2) is 13.1 Å². The molecule has 0 saturated carbocycles. The zero-order valence-corrected chi connectivity index (χ0v) is 15.1. The number of hydrogen-bond acceptors (Lipinski definition) is 4. The summed E-state index contributed by atoms with van der Waals surface area (Å²) in [6.45, 7) is 4.55. The van der Waals surface area contributed by atoms with E-state index in [-0.39, 0.29) is 42.2 Å². The van der Waals surface area contributed by atoms with Gasteiger partial charge in [-0.05, 0) is 24.5 Å². The van der Waals surface area contributed by atoms with Crippen LogP contribution >= 0.6 is 12.4 Å². The van der Waals surface area contributed by atoms with Crippen molar-refractivity contribution in [3.05, 3.63) is 30.3 Å². The molecule has 1 unspecified atom stereocenters. The number of carbonyl (C=O) groups is 1. The molecular weight excluding hydrogens is 338 g/mol. The second-order valence-electron chi connectivity index (χ2n) is 5.59. The van der Waals surface area contributed by atoms with Crippen LogP contribution in [0.3, 0.4) is 0 Å². The van der Waals surface area contributed by atoms with Crippen LogP contribution in [0.15, 0.2) is 35.2 Å². The van der Waals surface area contributed by atoms with Gasteiger partial charge in [0.15, 0.2) is 0 Å². The van der Waals surface area contributed by atoms with Gasteiger partial charge in [0.25, 0.3) is 0 Å². The molecule has 0 aliphatic carbocycles. The Hall–Kier alpha value is -1.15. The minimum atomic E-state index is -3.56. The molecule has 23 heavy (non-hydrogen) atoms. The minimum Gasteiger partial charge on any atom is -0.352 e. The lowest BCUT2D eigenvalue weighted by Crippen LogP contribution is -2.42. The van der Waals surface area contributed by atoms with Crippen molar-refractivity contribution in [1.29, 1.82) is 0 Å². The highest BCUT2D eigenvalue weighted by Crippen LogP contribution is 2.07. The maximum absolute atomic E-state index is 12.0. The Morgan fingerprint density at radius 1 is 1.22 bits per heavy atom. The molecule has 0 radical (unpaired) electrons. The first-order chi connectivity index (χ1) is 10.3. The third kappa shape index (κ3) is 8.31.